The fourth-order valence-corrected chi connectivity index (χ4v) is 4.25. The molecule has 1 aliphatic heterocycles. The van der Waals surface area contributed by atoms with E-state index in [1.165, 1.54) is 32.4 Å². The van der Waals surface area contributed by atoms with Crippen LogP contribution in [0.4, 0.5) is 5.69 Å². The number of aromatic amines is 1. The maximum Gasteiger partial charge on any atom is 0.196 e. The predicted octanol–water partition coefficient (Wildman–Crippen LogP) is 3.67. The molecule has 2 aromatic carbocycles. The smallest absolute Gasteiger partial charge is 0.196 e. The number of benzene rings is 2. The largest absolute Gasteiger partial charge is 0.383 e. The van der Waals surface area contributed by atoms with Crippen molar-refractivity contribution in [2.75, 3.05) is 31.5 Å². The number of carbonyl (C=O) groups is 1. The number of aromatic nitrogens is 2. The molecule has 1 aromatic heterocycles. The van der Waals surface area contributed by atoms with Crippen molar-refractivity contribution < 1.29 is 4.79 Å². The number of likely N-dealkylation sites (tertiary alicyclic amines) is 1. The Morgan fingerprint density at radius 2 is 1.85 bits per heavy atom. The van der Waals surface area contributed by atoms with Gasteiger partial charge in [-0.15, -0.1) is 0 Å². The van der Waals surface area contributed by atoms with Crippen molar-refractivity contribution in [2.24, 2.45) is 0 Å². The monoisotopic (exact) mass is 346 g/mol. The van der Waals surface area contributed by atoms with E-state index in [1.807, 2.05) is 36.4 Å². The minimum absolute atomic E-state index is 0.0839. The standard InChI is InChI=1S/C21H22N4O/c26-21-15-7-3-2-6-14(15)20-18-17(23-24-20)9-8-16(19(18)21)22-10-13-25-11-4-1-5-12-25/h2-3,6-9,22H,1,4-5,10-13H2,(H,23,24). The molecule has 0 amide bonds. The lowest BCUT2D eigenvalue weighted by Gasteiger charge is -2.27. The molecule has 0 unspecified atom stereocenters. The summed E-state index contributed by atoms with van der Waals surface area (Å²) in [6.07, 6.45) is 3.94. The van der Waals surface area contributed by atoms with Crippen molar-refractivity contribution in [2.45, 2.75) is 19.3 Å². The van der Waals surface area contributed by atoms with Crippen molar-refractivity contribution in [3.05, 3.63) is 47.5 Å². The van der Waals surface area contributed by atoms with Gasteiger partial charge in [0, 0.05) is 35.3 Å². The van der Waals surface area contributed by atoms with Crippen molar-refractivity contribution in [1.82, 2.24) is 15.1 Å². The van der Waals surface area contributed by atoms with E-state index in [2.05, 4.69) is 20.4 Å². The summed E-state index contributed by atoms with van der Waals surface area (Å²) in [6, 6.07) is 11.8. The van der Waals surface area contributed by atoms with Crippen LogP contribution in [0.25, 0.3) is 22.2 Å². The Balaban J connectivity index is 1.49. The van der Waals surface area contributed by atoms with Gasteiger partial charge in [-0.1, -0.05) is 30.7 Å². The number of rotatable bonds is 4. The number of ketones is 1. The highest BCUT2D eigenvalue weighted by Crippen LogP contribution is 2.40. The van der Waals surface area contributed by atoms with Crippen LogP contribution in [0.2, 0.25) is 0 Å². The fourth-order valence-electron chi connectivity index (χ4n) is 4.25. The maximum absolute atomic E-state index is 13.2. The molecule has 0 bridgehead atoms. The highest BCUT2D eigenvalue weighted by Gasteiger charge is 2.29. The van der Waals surface area contributed by atoms with Crippen molar-refractivity contribution in [3.8, 4) is 11.3 Å². The second kappa shape index (κ2) is 6.25. The number of piperidine rings is 1. The Morgan fingerprint density at radius 1 is 1.04 bits per heavy atom. The molecular weight excluding hydrogens is 324 g/mol. The molecule has 26 heavy (non-hydrogen) atoms. The van der Waals surface area contributed by atoms with Gasteiger partial charge in [-0.05, 0) is 38.1 Å². The molecule has 1 saturated heterocycles. The summed E-state index contributed by atoms with van der Waals surface area (Å²) in [6.45, 7) is 4.23. The first kappa shape index (κ1) is 15.6. The van der Waals surface area contributed by atoms with E-state index in [-0.39, 0.29) is 5.78 Å². The Labute approximate surface area is 152 Å². The van der Waals surface area contributed by atoms with Crippen molar-refractivity contribution >= 4 is 22.4 Å². The van der Waals surface area contributed by atoms with E-state index in [4.69, 9.17) is 0 Å². The van der Waals surface area contributed by atoms with Gasteiger partial charge in [0.25, 0.3) is 0 Å². The van der Waals surface area contributed by atoms with Crippen LogP contribution in [-0.4, -0.2) is 47.1 Å². The van der Waals surface area contributed by atoms with Gasteiger partial charge in [-0.25, -0.2) is 0 Å². The van der Waals surface area contributed by atoms with Crippen LogP contribution in [-0.2, 0) is 0 Å². The molecule has 5 nitrogen and oxygen atoms in total. The Bertz CT molecular complexity index is 985. The Morgan fingerprint density at radius 3 is 2.69 bits per heavy atom. The van der Waals surface area contributed by atoms with Gasteiger partial charge >= 0.3 is 0 Å². The van der Waals surface area contributed by atoms with E-state index in [0.717, 1.165) is 52.1 Å². The molecule has 2 aliphatic rings. The molecule has 0 spiro atoms. The van der Waals surface area contributed by atoms with Crippen molar-refractivity contribution in [3.63, 3.8) is 0 Å². The van der Waals surface area contributed by atoms with Crippen LogP contribution in [0.15, 0.2) is 36.4 Å². The van der Waals surface area contributed by atoms with Crippen LogP contribution in [0.1, 0.15) is 35.2 Å². The molecule has 1 fully saturated rings. The maximum atomic E-state index is 13.2. The summed E-state index contributed by atoms with van der Waals surface area (Å²) in [5, 5.41) is 12.0. The number of hydrogen-bond donors (Lipinski definition) is 2. The third-order valence-electron chi connectivity index (χ3n) is 5.58. The van der Waals surface area contributed by atoms with Crippen molar-refractivity contribution in [1.29, 1.82) is 0 Å². The van der Waals surface area contributed by atoms with Crippen LogP contribution < -0.4 is 5.32 Å². The van der Waals surface area contributed by atoms with Gasteiger partial charge in [0.1, 0.15) is 5.69 Å². The third-order valence-corrected chi connectivity index (χ3v) is 5.58. The zero-order chi connectivity index (χ0) is 17.5. The number of fused-ring (bicyclic) bond motifs is 2. The quantitative estimate of drug-likeness (QED) is 0.592. The van der Waals surface area contributed by atoms with Gasteiger partial charge in [0.2, 0.25) is 0 Å². The topological polar surface area (TPSA) is 61.0 Å². The van der Waals surface area contributed by atoms with E-state index < -0.39 is 0 Å². The molecule has 5 rings (SSSR count). The lowest BCUT2D eigenvalue weighted by atomic mass is 9.86. The Kier molecular flexibility index (Phi) is 3.75. The van der Waals surface area contributed by atoms with Crippen LogP contribution in [0.5, 0.6) is 0 Å². The number of hydrogen-bond acceptors (Lipinski definition) is 4. The first-order valence-electron chi connectivity index (χ1n) is 9.44. The minimum atomic E-state index is 0.0839. The van der Waals surface area contributed by atoms with Gasteiger partial charge in [-0.3, -0.25) is 9.89 Å². The van der Waals surface area contributed by atoms with Gasteiger partial charge in [0.05, 0.1) is 11.1 Å². The molecule has 2 heterocycles. The molecule has 0 radical (unpaired) electrons. The minimum Gasteiger partial charge on any atom is -0.383 e. The van der Waals surface area contributed by atoms with Gasteiger partial charge in [-0.2, -0.15) is 5.10 Å². The summed E-state index contributed by atoms with van der Waals surface area (Å²) in [5.74, 6) is 0.0839. The number of anilines is 1. The Hall–Kier alpha value is -2.66. The predicted molar refractivity (Wildman–Crippen MR) is 104 cm³/mol. The molecule has 0 saturated carbocycles. The number of H-pyrrole nitrogens is 1. The molecule has 3 aromatic rings. The summed E-state index contributed by atoms with van der Waals surface area (Å²) >= 11 is 0. The zero-order valence-corrected chi connectivity index (χ0v) is 14.7. The molecule has 132 valence electrons. The summed E-state index contributed by atoms with van der Waals surface area (Å²) in [4.78, 5) is 15.7. The number of nitrogens with zero attached hydrogens (tertiary/aromatic N) is 2. The lowest BCUT2D eigenvalue weighted by Crippen LogP contribution is -2.33. The normalized spacial score (nSPS) is 16.7. The second-order valence-corrected chi connectivity index (χ2v) is 7.19. The highest BCUT2D eigenvalue weighted by molar-refractivity contribution is 6.27. The summed E-state index contributed by atoms with van der Waals surface area (Å²) in [5.41, 5.74) is 5.12. The zero-order valence-electron chi connectivity index (χ0n) is 14.7. The molecule has 1 aliphatic carbocycles. The van der Waals surface area contributed by atoms with E-state index in [1.54, 1.807) is 0 Å². The van der Waals surface area contributed by atoms with Gasteiger partial charge < -0.3 is 10.2 Å². The third kappa shape index (κ3) is 2.42. The molecule has 0 atom stereocenters. The fraction of sp³-hybridized carbons (Fsp3) is 0.333. The average molecular weight is 346 g/mol. The lowest BCUT2D eigenvalue weighted by molar-refractivity contribution is 0.104. The SMILES string of the molecule is O=C1c2ccccc2-c2n[nH]c3ccc(NCCN4CCCCC4)c1c23. The molecule has 2 N–H and O–H groups in total. The first-order chi connectivity index (χ1) is 12.8. The molecule has 5 heteroatoms. The second-order valence-electron chi connectivity index (χ2n) is 7.19. The molecular formula is C21H22N4O. The summed E-state index contributed by atoms with van der Waals surface area (Å²) in [7, 11) is 0. The van der Waals surface area contributed by atoms with Crippen LogP contribution >= 0.6 is 0 Å². The first-order valence-corrected chi connectivity index (χ1v) is 9.44. The average Bonchev–Trinajstić information content (AvgIpc) is 3.12. The summed E-state index contributed by atoms with van der Waals surface area (Å²) < 4.78 is 0. The van der Waals surface area contributed by atoms with Crippen LogP contribution in [0, 0.1) is 0 Å². The van der Waals surface area contributed by atoms with Crippen LogP contribution in [0.3, 0.4) is 0 Å². The van der Waals surface area contributed by atoms with E-state index in [9.17, 15) is 4.79 Å². The number of carbonyl (C=O) groups excluding carboxylic acids is 1. The number of nitrogens with one attached hydrogen (secondary N) is 2. The van der Waals surface area contributed by atoms with E-state index in [0.29, 0.717) is 0 Å². The van der Waals surface area contributed by atoms with E-state index >= 15 is 0 Å². The highest BCUT2D eigenvalue weighted by atomic mass is 16.1. The van der Waals surface area contributed by atoms with Gasteiger partial charge in [0.15, 0.2) is 5.78 Å².